The lowest BCUT2D eigenvalue weighted by Crippen LogP contribution is -2.46. The summed E-state index contributed by atoms with van der Waals surface area (Å²) in [4.78, 5) is 12.0. The molecule has 0 spiro atoms. The van der Waals surface area contributed by atoms with E-state index in [4.69, 9.17) is 0 Å². The summed E-state index contributed by atoms with van der Waals surface area (Å²) in [5.41, 5.74) is -0.120. The number of rotatable bonds is 5. The van der Waals surface area contributed by atoms with E-state index in [0.29, 0.717) is 0 Å². The number of nitrogens with one attached hydrogen (secondary N) is 2. The van der Waals surface area contributed by atoms with Crippen LogP contribution in [0, 0.1) is 11.3 Å². The zero-order valence-corrected chi connectivity index (χ0v) is 10.3. The highest BCUT2D eigenvalue weighted by atomic mass is 16.2. The second kappa shape index (κ2) is 5.17. The van der Waals surface area contributed by atoms with E-state index in [9.17, 15) is 4.79 Å². The molecule has 3 nitrogen and oxygen atoms in total. The molecule has 1 aliphatic heterocycles. The van der Waals surface area contributed by atoms with Gasteiger partial charge in [-0.15, -0.1) is 0 Å². The van der Waals surface area contributed by atoms with Gasteiger partial charge in [0.1, 0.15) is 0 Å². The normalized spacial score (nSPS) is 24.1. The van der Waals surface area contributed by atoms with Crippen LogP contribution in [-0.4, -0.2) is 25.5 Å². The molecule has 1 saturated heterocycles. The molecule has 2 rings (SSSR count). The van der Waals surface area contributed by atoms with Crippen LogP contribution in [-0.2, 0) is 4.79 Å². The Kier molecular flexibility index (Phi) is 3.85. The highest BCUT2D eigenvalue weighted by Gasteiger charge is 2.34. The Labute approximate surface area is 98.4 Å². The Bertz CT molecular complexity index is 242. The summed E-state index contributed by atoms with van der Waals surface area (Å²) in [6, 6.07) is 0. The van der Waals surface area contributed by atoms with Crippen LogP contribution < -0.4 is 10.6 Å². The van der Waals surface area contributed by atoms with Gasteiger partial charge in [-0.05, 0) is 44.7 Å². The van der Waals surface area contributed by atoms with Crippen molar-refractivity contribution >= 4 is 5.91 Å². The van der Waals surface area contributed by atoms with Crippen molar-refractivity contribution in [1.29, 1.82) is 0 Å². The van der Waals surface area contributed by atoms with Crippen LogP contribution in [0.5, 0.6) is 0 Å². The van der Waals surface area contributed by atoms with E-state index in [-0.39, 0.29) is 11.3 Å². The van der Waals surface area contributed by atoms with Crippen molar-refractivity contribution in [3.05, 3.63) is 0 Å². The summed E-state index contributed by atoms with van der Waals surface area (Å²) in [5, 5.41) is 6.41. The van der Waals surface area contributed by atoms with Crippen molar-refractivity contribution in [3.8, 4) is 0 Å². The Balaban J connectivity index is 1.64. The molecule has 3 heteroatoms. The molecule has 1 saturated carbocycles. The van der Waals surface area contributed by atoms with E-state index in [2.05, 4.69) is 17.6 Å². The summed E-state index contributed by atoms with van der Waals surface area (Å²) in [5.74, 6) is 1.25. The van der Waals surface area contributed by atoms with Gasteiger partial charge in [0, 0.05) is 12.0 Å². The lowest BCUT2D eigenvalue weighted by molar-refractivity contribution is -0.131. The number of hydrogen-bond acceptors (Lipinski definition) is 2. The Hall–Kier alpha value is -0.570. The number of carbonyl (C=O) groups is 1. The van der Waals surface area contributed by atoms with Gasteiger partial charge in [-0.2, -0.15) is 0 Å². The van der Waals surface area contributed by atoms with Gasteiger partial charge in [0.05, 0.1) is 0 Å². The first kappa shape index (κ1) is 11.9. The van der Waals surface area contributed by atoms with Crippen LogP contribution in [0.4, 0.5) is 0 Å². The summed E-state index contributed by atoms with van der Waals surface area (Å²) in [6.45, 7) is 4.93. The monoisotopic (exact) mass is 224 g/mol. The number of hydrogen-bond donors (Lipinski definition) is 2. The molecular formula is C13H24N2O. The van der Waals surface area contributed by atoms with Crippen molar-refractivity contribution in [3.63, 3.8) is 0 Å². The van der Waals surface area contributed by atoms with Crippen LogP contribution in [0.25, 0.3) is 0 Å². The lowest BCUT2D eigenvalue weighted by atomic mass is 9.80. The lowest BCUT2D eigenvalue weighted by Gasteiger charge is -2.32. The predicted molar refractivity (Wildman–Crippen MR) is 65.2 cm³/mol. The zero-order chi connectivity index (χ0) is 11.4. The van der Waals surface area contributed by atoms with Crippen molar-refractivity contribution in [2.75, 3.05) is 19.6 Å². The molecule has 92 valence electrons. The van der Waals surface area contributed by atoms with Gasteiger partial charge in [-0.25, -0.2) is 0 Å². The zero-order valence-electron chi connectivity index (χ0n) is 10.3. The molecule has 2 fully saturated rings. The van der Waals surface area contributed by atoms with Gasteiger partial charge in [-0.1, -0.05) is 19.8 Å². The molecular weight excluding hydrogens is 200 g/mol. The first-order chi connectivity index (χ1) is 7.71. The topological polar surface area (TPSA) is 41.1 Å². The second-order valence-electron chi connectivity index (χ2n) is 5.65. The Morgan fingerprint density at radius 2 is 2.06 bits per heavy atom. The molecule has 0 aromatic rings. The summed E-state index contributed by atoms with van der Waals surface area (Å²) in [6.07, 6.45) is 7.24. The smallest absolute Gasteiger partial charge is 0.226 e. The highest BCUT2D eigenvalue weighted by Crippen LogP contribution is 2.33. The van der Waals surface area contributed by atoms with E-state index < -0.39 is 0 Å². The minimum atomic E-state index is -0.120. The third-order valence-electron chi connectivity index (χ3n) is 4.03. The first-order valence-corrected chi connectivity index (χ1v) is 6.70. The molecule has 1 aliphatic carbocycles. The fraction of sp³-hybridized carbons (Fsp3) is 0.923. The van der Waals surface area contributed by atoms with Gasteiger partial charge in [-0.3, -0.25) is 4.79 Å². The van der Waals surface area contributed by atoms with Crippen molar-refractivity contribution in [1.82, 2.24) is 10.6 Å². The maximum Gasteiger partial charge on any atom is 0.226 e. The van der Waals surface area contributed by atoms with Crippen LogP contribution >= 0.6 is 0 Å². The minimum absolute atomic E-state index is 0.120. The van der Waals surface area contributed by atoms with Gasteiger partial charge in [0.2, 0.25) is 5.91 Å². The molecule has 0 radical (unpaired) electrons. The van der Waals surface area contributed by atoms with Crippen LogP contribution in [0.2, 0.25) is 0 Å². The van der Waals surface area contributed by atoms with E-state index in [1.54, 1.807) is 0 Å². The highest BCUT2D eigenvalue weighted by molar-refractivity contribution is 5.82. The third kappa shape index (κ3) is 3.21. The van der Waals surface area contributed by atoms with E-state index in [1.807, 2.05) is 0 Å². The summed E-state index contributed by atoms with van der Waals surface area (Å²) >= 11 is 0. The van der Waals surface area contributed by atoms with Crippen molar-refractivity contribution in [2.45, 2.75) is 45.4 Å². The van der Waals surface area contributed by atoms with Crippen molar-refractivity contribution < 1.29 is 4.79 Å². The Morgan fingerprint density at radius 3 is 2.69 bits per heavy atom. The largest absolute Gasteiger partial charge is 0.356 e. The molecule has 1 heterocycles. The standard InChI is InChI=1S/C13H24N2O/c1-13(6-9-14-10-7-13)12(16)15-8-2-3-11-4-5-11/h11,14H,2-10H2,1H3,(H,15,16). The maximum absolute atomic E-state index is 12.0. The van der Waals surface area contributed by atoms with Gasteiger partial charge in [0.15, 0.2) is 0 Å². The SMILES string of the molecule is CC1(C(=O)NCCCC2CC2)CCNCC1. The third-order valence-corrected chi connectivity index (χ3v) is 4.03. The molecule has 0 unspecified atom stereocenters. The summed E-state index contributed by atoms with van der Waals surface area (Å²) in [7, 11) is 0. The molecule has 0 aromatic heterocycles. The fourth-order valence-corrected chi connectivity index (χ4v) is 2.42. The Morgan fingerprint density at radius 1 is 1.38 bits per heavy atom. The molecule has 2 N–H and O–H groups in total. The van der Waals surface area contributed by atoms with E-state index in [0.717, 1.165) is 44.8 Å². The quantitative estimate of drug-likeness (QED) is 0.698. The molecule has 0 atom stereocenters. The second-order valence-corrected chi connectivity index (χ2v) is 5.65. The molecule has 0 aromatic carbocycles. The maximum atomic E-state index is 12.0. The molecule has 1 amide bonds. The minimum Gasteiger partial charge on any atom is -0.356 e. The number of piperidine rings is 1. The number of carbonyl (C=O) groups excluding carboxylic acids is 1. The average molecular weight is 224 g/mol. The number of amides is 1. The van der Waals surface area contributed by atoms with Crippen LogP contribution in [0.15, 0.2) is 0 Å². The predicted octanol–water partition coefficient (Wildman–Crippen LogP) is 1.68. The van der Waals surface area contributed by atoms with Crippen molar-refractivity contribution in [2.24, 2.45) is 11.3 Å². The summed E-state index contributed by atoms with van der Waals surface area (Å²) < 4.78 is 0. The molecule has 16 heavy (non-hydrogen) atoms. The average Bonchev–Trinajstić information content (AvgIpc) is 3.09. The van der Waals surface area contributed by atoms with Crippen LogP contribution in [0.1, 0.15) is 45.4 Å². The van der Waals surface area contributed by atoms with Gasteiger partial charge >= 0.3 is 0 Å². The molecule has 2 aliphatic rings. The first-order valence-electron chi connectivity index (χ1n) is 6.70. The van der Waals surface area contributed by atoms with Crippen LogP contribution in [0.3, 0.4) is 0 Å². The molecule has 0 bridgehead atoms. The fourth-order valence-electron chi connectivity index (χ4n) is 2.42. The van der Waals surface area contributed by atoms with Gasteiger partial charge in [0.25, 0.3) is 0 Å². The van der Waals surface area contributed by atoms with Gasteiger partial charge < -0.3 is 10.6 Å². The van der Waals surface area contributed by atoms with E-state index in [1.165, 1.54) is 19.3 Å². The van der Waals surface area contributed by atoms with E-state index >= 15 is 0 Å².